The summed E-state index contributed by atoms with van der Waals surface area (Å²) in [5.41, 5.74) is 5.25. The van der Waals surface area contributed by atoms with Crippen LogP contribution < -0.4 is 5.73 Å². The molecule has 1 fully saturated rings. The minimum absolute atomic E-state index is 0.0922. The Balaban J connectivity index is 2.06. The zero-order valence-electron chi connectivity index (χ0n) is 10.3. The maximum absolute atomic E-state index is 11.5. The quantitative estimate of drug-likeness (QED) is 0.511. The lowest BCUT2D eigenvalue weighted by Crippen LogP contribution is -2.30. The van der Waals surface area contributed by atoms with Gasteiger partial charge in [0.2, 0.25) is 5.91 Å². The Kier molecular flexibility index (Phi) is 6.63. The number of carbonyl (C=O) groups excluding carboxylic acids is 1. The Bertz CT molecular complexity index is 285. The Morgan fingerprint density at radius 1 is 1.33 bits per heavy atom. The van der Waals surface area contributed by atoms with E-state index in [2.05, 4.69) is 0 Å². The molecule has 3 N–H and O–H groups in total. The number of carboxylic acids is 1. The number of carbonyl (C=O) groups is 2. The van der Waals surface area contributed by atoms with Gasteiger partial charge in [-0.15, -0.1) is 0 Å². The first-order valence-electron chi connectivity index (χ1n) is 6.01. The lowest BCUT2D eigenvalue weighted by molar-refractivity contribution is -0.141. The van der Waals surface area contributed by atoms with Gasteiger partial charge in [0.15, 0.2) is 0 Å². The van der Waals surface area contributed by atoms with Gasteiger partial charge in [-0.3, -0.25) is 9.59 Å². The second-order valence-corrected chi connectivity index (χ2v) is 4.09. The number of aliphatic carboxylic acids is 1. The van der Waals surface area contributed by atoms with E-state index >= 15 is 0 Å². The maximum Gasteiger partial charge on any atom is 0.308 e. The van der Waals surface area contributed by atoms with Crippen LogP contribution in [0.5, 0.6) is 0 Å². The Labute approximate surface area is 106 Å². The molecule has 0 aromatic rings. The Morgan fingerprint density at radius 2 is 2.00 bits per heavy atom. The van der Waals surface area contributed by atoms with Crippen LogP contribution in [0.2, 0.25) is 0 Å². The predicted octanol–water partition coefficient (Wildman–Crippen LogP) is -1.09. The van der Waals surface area contributed by atoms with E-state index < -0.39 is 11.9 Å². The number of ether oxygens (including phenoxy) is 2. The molecule has 104 valence electrons. The molecule has 1 unspecified atom stereocenters. The number of rotatable bonds is 9. The Morgan fingerprint density at radius 3 is 2.56 bits per heavy atom. The molecular weight excluding hydrogens is 240 g/mol. The molecular formula is C11H20N2O5. The number of nitrogens with zero attached hydrogens (tertiary/aromatic N) is 1. The molecule has 1 amide bonds. The second kappa shape index (κ2) is 8.02. The highest BCUT2D eigenvalue weighted by Gasteiger charge is 2.33. The molecule has 0 aromatic carbocycles. The molecule has 0 spiro atoms. The molecule has 1 heterocycles. The third kappa shape index (κ3) is 4.99. The van der Waals surface area contributed by atoms with Crippen molar-refractivity contribution in [1.29, 1.82) is 0 Å². The first-order valence-corrected chi connectivity index (χ1v) is 6.01. The van der Waals surface area contributed by atoms with E-state index in [9.17, 15) is 9.59 Å². The van der Waals surface area contributed by atoms with Gasteiger partial charge in [-0.25, -0.2) is 0 Å². The fraction of sp³-hybridized carbons (Fsp3) is 0.818. The van der Waals surface area contributed by atoms with E-state index in [1.165, 1.54) is 4.90 Å². The van der Waals surface area contributed by atoms with Crippen LogP contribution in [0.3, 0.4) is 0 Å². The van der Waals surface area contributed by atoms with Gasteiger partial charge in [-0.1, -0.05) is 0 Å². The summed E-state index contributed by atoms with van der Waals surface area (Å²) in [5, 5.41) is 8.80. The molecule has 1 saturated heterocycles. The van der Waals surface area contributed by atoms with Gasteiger partial charge in [-0.2, -0.15) is 0 Å². The van der Waals surface area contributed by atoms with Crippen LogP contribution in [0.1, 0.15) is 6.42 Å². The standard InChI is InChI=1S/C11H20N2O5/c12-1-3-17-5-6-18-4-2-13-8-9(11(15)16)7-10(13)14/h9H,1-8,12H2,(H,15,16). The van der Waals surface area contributed by atoms with Gasteiger partial charge in [0, 0.05) is 26.1 Å². The predicted molar refractivity (Wildman–Crippen MR) is 63.0 cm³/mol. The largest absolute Gasteiger partial charge is 0.481 e. The Hall–Kier alpha value is -1.18. The van der Waals surface area contributed by atoms with Crippen molar-refractivity contribution in [3.63, 3.8) is 0 Å². The zero-order valence-corrected chi connectivity index (χ0v) is 10.3. The van der Waals surface area contributed by atoms with Crippen molar-refractivity contribution < 1.29 is 24.2 Å². The van der Waals surface area contributed by atoms with Crippen LogP contribution in [-0.4, -0.2) is 67.9 Å². The van der Waals surface area contributed by atoms with Crippen molar-refractivity contribution in [1.82, 2.24) is 4.90 Å². The van der Waals surface area contributed by atoms with Crippen LogP contribution in [0.15, 0.2) is 0 Å². The smallest absolute Gasteiger partial charge is 0.308 e. The molecule has 1 rings (SSSR count). The van der Waals surface area contributed by atoms with E-state index in [4.69, 9.17) is 20.3 Å². The number of carboxylic acid groups (broad SMARTS) is 1. The summed E-state index contributed by atoms with van der Waals surface area (Å²) in [5.74, 6) is -1.61. The van der Waals surface area contributed by atoms with Crippen molar-refractivity contribution in [3.05, 3.63) is 0 Å². The molecule has 0 saturated carbocycles. The summed E-state index contributed by atoms with van der Waals surface area (Å²) < 4.78 is 10.4. The minimum Gasteiger partial charge on any atom is -0.481 e. The summed E-state index contributed by atoms with van der Waals surface area (Å²) in [6, 6.07) is 0. The highest BCUT2D eigenvalue weighted by molar-refractivity contribution is 5.86. The molecule has 0 aromatic heterocycles. The SMILES string of the molecule is NCCOCCOCCN1CC(C(=O)O)CC1=O. The molecule has 18 heavy (non-hydrogen) atoms. The highest BCUT2D eigenvalue weighted by Crippen LogP contribution is 2.17. The van der Waals surface area contributed by atoms with Crippen LogP contribution in [0, 0.1) is 5.92 Å². The van der Waals surface area contributed by atoms with Crippen LogP contribution in [-0.2, 0) is 19.1 Å². The molecule has 0 radical (unpaired) electrons. The molecule has 7 heteroatoms. The van der Waals surface area contributed by atoms with Gasteiger partial charge in [0.25, 0.3) is 0 Å². The number of hydrogen-bond acceptors (Lipinski definition) is 5. The van der Waals surface area contributed by atoms with Gasteiger partial charge >= 0.3 is 5.97 Å². The number of amides is 1. The van der Waals surface area contributed by atoms with Crippen molar-refractivity contribution >= 4 is 11.9 Å². The molecule has 1 atom stereocenters. The summed E-state index contributed by atoms with van der Waals surface area (Å²) in [6.45, 7) is 3.02. The lowest BCUT2D eigenvalue weighted by atomic mass is 10.1. The molecule has 1 aliphatic heterocycles. The topological polar surface area (TPSA) is 102 Å². The minimum atomic E-state index is -0.915. The summed E-state index contributed by atoms with van der Waals surface area (Å²) >= 11 is 0. The number of hydrogen-bond donors (Lipinski definition) is 2. The lowest BCUT2D eigenvalue weighted by Gasteiger charge is -2.15. The van der Waals surface area contributed by atoms with E-state index in [1.54, 1.807) is 0 Å². The average Bonchev–Trinajstić information content (AvgIpc) is 2.70. The van der Waals surface area contributed by atoms with Crippen molar-refractivity contribution in [2.75, 3.05) is 46.1 Å². The summed E-state index contributed by atoms with van der Waals surface area (Å²) in [4.78, 5) is 23.7. The third-order valence-corrected chi connectivity index (χ3v) is 2.70. The fourth-order valence-electron chi connectivity index (χ4n) is 1.73. The van der Waals surface area contributed by atoms with Gasteiger partial charge < -0.3 is 25.2 Å². The third-order valence-electron chi connectivity index (χ3n) is 2.70. The van der Waals surface area contributed by atoms with Crippen molar-refractivity contribution in [3.8, 4) is 0 Å². The van der Waals surface area contributed by atoms with E-state index in [-0.39, 0.29) is 18.9 Å². The van der Waals surface area contributed by atoms with Gasteiger partial charge in [-0.05, 0) is 0 Å². The summed E-state index contributed by atoms with van der Waals surface area (Å²) in [6.07, 6.45) is 0.0922. The first kappa shape index (κ1) is 14.9. The van der Waals surface area contributed by atoms with Gasteiger partial charge in [0.05, 0.1) is 32.3 Å². The van der Waals surface area contributed by atoms with E-state index in [1.807, 2.05) is 0 Å². The summed E-state index contributed by atoms with van der Waals surface area (Å²) in [7, 11) is 0. The molecule has 0 bridgehead atoms. The fourth-order valence-corrected chi connectivity index (χ4v) is 1.73. The number of nitrogens with two attached hydrogens (primary N) is 1. The maximum atomic E-state index is 11.5. The highest BCUT2D eigenvalue weighted by atomic mass is 16.5. The van der Waals surface area contributed by atoms with Crippen LogP contribution in [0.25, 0.3) is 0 Å². The van der Waals surface area contributed by atoms with Crippen LogP contribution >= 0.6 is 0 Å². The van der Waals surface area contributed by atoms with E-state index in [0.717, 1.165) is 0 Å². The normalized spacial score (nSPS) is 19.5. The van der Waals surface area contributed by atoms with Crippen molar-refractivity contribution in [2.45, 2.75) is 6.42 Å². The average molecular weight is 260 g/mol. The van der Waals surface area contributed by atoms with E-state index in [0.29, 0.717) is 39.5 Å². The zero-order chi connectivity index (χ0) is 13.4. The molecule has 7 nitrogen and oxygen atoms in total. The number of likely N-dealkylation sites (tertiary alicyclic amines) is 1. The van der Waals surface area contributed by atoms with Crippen molar-refractivity contribution in [2.24, 2.45) is 11.7 Å². The second-order valence-electron chi connectivity index (χ2n) is 4.09. The molecule has 1 aliphatic rings. The van der Waals surface area contributed by atoms with Gasteiger partial charge in [0.1, 0.15) is 0 Å². The first-order chi connectivity index (χ1) is 8.65. The monoisotopic (exact) mass is 260 g/mol. The molecule has 0 aliphatic carbocycles. The van der Waals surface area contributed by atoms with Crippen LogP contribution in [0.4, 0.5) is 0 Å².